The second kappa shape index (κ2) is 8.84. The minimum absolute atomic E-state index is 0.0196. The van der Waals surface area contributed by atoms with Crippen LogP contribution in [0.4, 0.5) is 0 Å². The number of amides is 1. The van der Waals surface area contributed by atoms with Crippen molar-refractivity contribution in [3.63, 3.8) is 0 Å². The van der Waals surface area contributed by atoms with E-state index < -0.39 is 5.97 Å². The first kappa shape index (κ1) is 20.5. The number of hydrogen-bond acceptors (Lipinski definition) is 4. The Morgan fingerprint density at radius 2 is 1.69 bits per heavy atom. The molecule has 1 atom stereocenters. The number of nitrogens with zero attached hydrogens (tertiary/aromatic N) is 2. The summed E-state index contributed by atoms with van der Waals surface area (Å²) in [6.07, 6.45) is 0. The van der Waals surface area contributed by atoms with E-state index in [0.717, 1.165) is 26.9 Å². The number of carbonyl (C=O) groups excluding carboxylic acids is 2. The molecule has 1 unspecified atom stereocenters. The minimum atomic E-state index is -0.427. The standard InChI is InChI=1S/C23H25N3O3/c1-25(2)20(27)15-26(3)14-19-22(23(28)29-4)21(16-10-6-5-7-11-16)17-12-8-9-13-18(17)24-19/h5-13H,14-15H2,1-4H3/p+1. The zero-order valence-corrected chi connectivity index (χ0v) is 17.2. The fraction of sp³-hybridized carbons (Fsp3) is 0.261. The third kappa shape index (κ3) is 4.43. The average molecular weight is 392 g/mol. The number of carbonyl (C=O) groups is 2. The predicted molar refractivity (Wildman–Crippen MR) is 113 cm³/mol. The van der Waals surface area contributed by atoms with Crippen molar-refractivity contribution >= 4 is 22.8 Å². The molecule has 1 heterocycles. The van der Waals surface area contributed by atoms with Crippen molar-refractivity contribution in [2.24, 2.45) is 0 Å². The number of rotatable bonds is 6. The van der Waals surface area contributed by atoms with Gasteiger partial charge < -0.3 is 14.5 Å². The third-order valence-corrected chi connectivity index (χ3v) is 4.84. The maximum Gasteiger partial charge on any atom is 0.340 e. The molecule has 0 aliphatic carbocycles. The number of aromatic nitrogens is 1. The first-order valence-corrected chi connectivity index (χ1v) is 9.49. The van der Waals surface area contributed by atoms with Crippen molar-refractivity contribution in [2.45, 2.75) is 6.54 Å². The lowest BCUT2D eigenvalue weighted by Crippen LogP contribution is -3.09. The molecular formula is C23H26N3O3+. The largest absolute Gasteiger partial charge is 0.465 e. The second-order valence-electron chi connectivity index (χ2n) is 7.28. The van der Waals surface area contributed by atoms with Gasteiger partial charge in [0.05, 0.1) is 25.2 Å². The molecule has 0 bridgehead atoms. The number of nitrogens with one attached hydrogen (secondary N) is 1. The van der Waals surface area contributed by atoms with E-state index in [1.165, 1.54) is 7.11 Å². The SMILES string of the molecule is COC(=O)c1c(C[NH+](C)CC(=O)N(C)C)nc2ccccc2c1-c1ccccc1. The highest BCUT2D eigenvalue weighted by atomic mass is 16.5. The van der Waals surface area contributed by atoms with E-state index in [2.05, 4.69) is 0 Å². The van der Waals surface area contributed by atoms with E-state index >= 15 is 0 Å². The van der Waals surface area contributed by atoms with Crippen LogP contribution in [0, 0.1) is 0 Å². The van der Waals surface area contributed by atoms with E-state index in [-0.39, 0.29) is 5.91 Å². The van der Waals surface area contributed by atoms with Crippen LogP contribution >= 0.6 is 0 Å². The van der Waals surface area contributed by atoms with E-state index in [1.807, 2.05) is 61.6 Å². The first-order chi connectivity index (χ1) is 13.9. The highest BCUT2D eigenvalue weighted by Gasteiger charge is 2.25. The zero-order chi connectivity index (χ0) is 21.0. The van der Waals surface area contributed by atoms with Crippen LogP contribution in [-0.4, -0.2) is 56.6 Å². The lowest BCUT2D eigenvalue weighted by atomic mass is 9.94. The molecule has 29 heavy (non-hydrogen) atoms. The summed E-state index contributed by atoms with van der Waals surface area (Å²) in [7, 11) is 6.76. The van der Waals surface area contributed by atoms with Crippen molar-refractivity contribution in [1.29, 1.82) is 0 Å². The lowest BCUT2D eigenvalue weighted by molar-refractivity contribution is -0.886. The number of ether oxygens (including phenoxy) is 1. The van der Waals surface area contributed by atoms with Gasteiger partial charge in [0.25, 0.3) is 5.91 Å². The molecule has 0 saturated carbocycles. The Hall–Kier alpha value is -3.25. The van der Waals surface area contributed by atoms with Crippen molar-refractivity contribution < 1.29 is 19.2 Å². The first-order valence-electron chi connectivity index (χ1n) is 9.49. The average Bonchev–Trinajstić information content (AvgIpc) is 2.72. The molecule has 3 rings (SSSR count). The highest BCUT2D eigenvalue weighted by Crippen LogP contribution is 2.33. The molecule has 150 valence electrons. The molecule has 3 aromatic rings. The summed E-state index contributed by atoms with van der Waals surface area (Å²) in [5.74, 6) is -0.407. The van der Waals surface area contributed by atoms with E-state index in [4.69, 9.17) is 9.72 Å². The monoisotopic (exact) mass is 392 g/mol. The summed E-state index contributed by atoms with van der Waals surface area (Å²) in [5, 5.41) is 0.893. The number of fused-ring (bicyclic) bond motifs is 1. The summed E-state index contributed by atoms with van der Waals surface area (Å²) < 4.78 is 5.13. The summed E-state index contributed by atoms with van der Waals surface area (Å²) in [4.78, 5) is 32.2. The van der Waals surface area contributed by atoms with Crippen LogP contribution in [0.15, 0.2) is 54.6 Å². The van der Waals surface area contributed by atoms with Crippen LogP contribution in [0.2, 0.25) is 0 Å². The van der Waals surface area contributed by atoms with E-state index in [9.17, 15) is 9.59 Å². The summed E-state index contributed by atoms with van der Waals surface area (Å²) >= 11 is 0. The normalized spacial score (nSPS) is 11.9. The molecule has 6 nitrogen and oxygen atoms in total. The van der Waals surface area contributed by atoms with Crippen molar-refractivity contribution in [1.82, 2.24) is 9.88 Å². The molecule has 0 fully saturated rings. The van der Waals surface area contributed by atoms with Crippen molar-refractivity contribution in [3.8, 4) is 11.1 Å². The molecule has 0 radical (unpaired) electrons. The van der Waals surface area contributed by atoms with Crippen LogP contribution in [0.1, 0.15) is 16.1 Å². The molecule has 0 aliphatic heterocycles. The van der Waals surface area contributed by atoms with Crippen LogP contribution in [-0.2, 0) is 16.1 Å². The van der Waals surface area contributed by atoms with Gasteiger partial charge >= 0.3 is 5.97 Å². The molecule has 6 heteroatoms. The van der Waals surface area contributed by atoms with Gasteiger partial charge in [-0.05, 0) is 11.6 Å². The number of quaternary nitrogens is 1. The predicted octanol–water partition coefficient (Wildman–Crippen LogP) is 1.79. The number of pyridine rings is 1. The Morgan fingerprint density at radius 1 is 1.03 bits per heavy atom. The Bertz CT molecular complexity index is 1030. The van der Waals surface area contributed by atoms with E-state index in [0.29, 0.717) is 24.3 Å². The molecule has 1 aromatic heterocycles. The van der Waals surface area contributed by atoms with Gasteiger partial charge in [-0.2, -0.15) is 0 Å². The van der Waals surface area contributed by atoms with Crippen LogP contribution < -0.4 is 4.90 Å². The van der Waals surface area contributed by atoms with Crippen molar-refractivity contribution in [2.75, 3.05) is 34.8 Å². The Balaban J connectivity index is 2.19. The summed E-state index contributed by atoms with van der Waals surface area (Å²) in [5.41, 5.74) is 3.62. The van der Waals surface area contributed by atoms with Crippen LogP contribution in [0.3, 0.4) is 0 Å². The topological polar surface area (TPSA) is 63.9 Å². The van der Waals surface area contributed by atoms with Gasteiger partial charge in [0.2, 0.25) is 0 Å². The minimum Gasteiger partial charge on any atom is -0.465 e. The quantitative estimate of drug-likeness (QED) is 0.650. The number of benzene rings is 2. The van der Waals surface area contributed by atoms with Gasteiger partial charge in [-0.1, -0.05) is 48.5 Å². The number of methoxy groups -OCH3 is 1. The molecule has 1 amide bonds. The van der Waals surface area contributed by atoms with Gasteiger partial charge in [-0.25, -0.2) is 9.78 Å². The fourth-order valence-electron chi connectivity index (χ4n) is 3.38. The van der Waals surface area contributed by atoms with E-state index in [1.54, 1.807) is 19.0 Å². The Kier molecular flexibility index (Phi) is 6.24. The fourth-order valence-corrected chi connectivity index (χ4v) is 3.38. The highest BCUT2D eigenvalue weighted by molar-refractivity contribution is 6.07. The molecule has 1 N–H and O–H groups in total. The molecule has 0 saturated heterocycles. The summed E-state index contributed by atoms with van der Waals surface area (Å²) in [6.45, 7) is 0.734. The maximum absolute atomic E-state index is 12.8. The molecule has 0 spiro atoms. The number of esters is 1. The van der Waals surface area contributed by atoms with Gasteiger partial charge in [0, 0.05) is 25.0 Å². The van der Waals surface area contributed by atoms with Gasteiger partial charge in [-0.15, -0.1) is 0 Å². The molecular weight excluding hydrogens is 366 g/mol. The van der Waals surface area contributed by atoms with Gasteiger partial charge in [0.15, 0.2) is 6.54 Å². The number of para-hydroxylation sites is 1. The molecule has 0 aliphatic rings. The smallest absolute Gasteiger partial charge is 0.340 e. The Morgan fingerprint density at radius 3 is 2.34 bits per heavy atom. The maximum atomic E-state index is 12.8. The van der Waals surface area contributed by atoms with Gasteiger partial charge in [0.1, 0.15) is 12.2 Å². The van der Waals surface area contributed by atoms with Crippen molar-refractivity contribution in [3.05, 3.63) is 65.9 Å². The summed E-state index contributed by atoms with van der Waals surface area (Å²) in [6, 6.07) is 17.5. The molecule has 2 aromatic carbocycles. The zero-order valence-electron chi connectivity index (χ0n) is 17.2. The van der Waals surface area contributed by atoms with Gasteiger partial charge in [-0.3, -0.25) is 4.79 Å². The number of likely N-dealkylation sites (N-methyl/N-ethyl adjacent to an activating group) is 2. The number of hydrogen-bond donors (Lipinski definition) is 1. The van der Waals surface area contributed by atoms with Crippen LogP contribution in [0.25, 0.3) is 22.0 Å². The lowest BCUT2D eigenvalue weighted by Gasteiger charge is -2.20. The van der Waals surface area contributed by atoms with Crippen LogP contribution in [0.5, 0.6) is 0 Å². The Labute approximate surface area is 170 Å². The second-order valence-corrected chi connectivity index (χ2v) is 7.28. The third-order valence-electron chi connectivity index (χ3n) is 4.84.